The summed E-state index contributed by atoms with van der Waals surface area (Å²) in [6.45, 7) is 2.15. The maximum Gasteiger partial charge on any atom is 0.228 e. The number of amides is 1. The van der Waals surface area contributed by atoms with Gasteiger partial charge in [0.2, 0.25) is 5.91 Å². The number of aryl methyl sites for hydroxylation is 1. The van der Waals surface area contributed by atoms with E-state index in [1.807, 2.05) is 30.3 Å². The van der Waals surface area contributed by atoms with Gasteiger partial charge in [-0.15, -0.1) is 0 Å². The van der Waals surface area contributed by atoms with Crippen LogP contribution >= 0.6 is 11.6 Å². The van der Waals surface area contributed by atoms with E-state index in [-0.39, 0.29) is 12.3 Å². The van der Waals surface area contributed by atoms with Crippen LogP contribution in [-0.4, -0.2) is 5.91 Å². The molecule has 0 saturated carbocycles. The molecule has 0 atom stereocenters. The minimum atomic E-state index is -0.0543. The topological polar surface area (TPSA) is 29.1 Å². The molecular weight excluding hydrogens is 270 g/mol. The van der Waals surface area contributed by atoms with Gasteiger partial charge in [0, 0.05) is 10.7 Å². The van der Waals surface area contributed by atoms with Gasteiger partial charge in [-0.3, -0.25) is 4.79 Å². The summed E-state index contributed by atoms with van der Waals surface area (Å²) < 4.78 is 0. The molecule has 0 aliphatic rings. The molecule has 0 spiro atoms. The molecule has 0 aliphatic heterocycles. The first kappa shape index (κ1) is 14.6. The Balaban J connectivity index is 1.96. The van der Waals surface area contributed by atoms with Crippen LogP contribution in [0.5, 0.6) is 0 Å². The molecule has 104 valence electrons. The van der Waals surface area contributed by atoms with E-state index in [2.05, 4.69) is 24.4 Å². The second-order valence-electron chi connectivity index (χ2n) is 4.76. The van der Waals surface area contributed by atoms with E-state index in [1.165, 1.54) is 5.56 Å². The number of benzene rings is 2. The number of nitrogens with one attached hydrogen (secondary N) is 1. The number of anilines is 1. The maximum atomic E-state index is 12.0. The Morgan fingerprint density at radius 1 is 1.10 bits per heavy atom. The van der Waals surface area contributed by atoms with Crippen molar-refractivity contribution in [2.45, 2.75) is 26.2 Å². The summed E-state index contributed by atoms with van der Waals surface area (Å²) in [6, 6.07) is 15.4. The zero-order valence-corrected chi connectivity index (χ0v) is 12.3. The Morgan fingerprint density at radius 2 is 1.80 bits per heavy atom. The van der Waals surface area contributed by atoms with E-state index in [1.54, 1.807) is 6.07 Å². The highest BCUT2D eigenvalue weighted by Crippen LogP contribution is 2.16. The monoisotopic (exact) mass is 287 g/mol. The lowest BCUT2D eigenvalue weighted by molar-refractivity contribution is -0.115. The quantitative estimate of drug-likeness (QED) is 0.863. The van der Waals surface area contributed by atoms with E-state index < -0.39 is 0 Å². The molecule has 0 heterocycles. The molecule has 0 radical (unpaired) electrons. The molecule has 2 nitrogen and oxygen atoms in total. The van der Waals surface area contributed by atoms with E-state index in [4.69, 9.17) is 11.6 Å². The molecule has 2 rings (SSSR count). The van der Waals surface area contributed by atoms with Crippen molar-refractivity contribution in [1.29, 1.82) is 0 Å². The predicted molar refractivity (Wildman–Crippen MR) is 84.2 cm³/mol. The Morgan fingerprint density at radius 3 is 2.45 bits per heavy atom. The minimum absolute atomic E-state index is 0.0543. The van der Waals surface area contributed by atoms with Crippen molar-refractivity contribution in [2.75, 3.05) is 5.32 Å². The van der Waals surface area contributed by atoms with Crippen LogP contribution in [0.25, 0.3) is 0 Å². The van der Waals surface area contributed by atoms with Gasteiger partial charge in [0.15, 0.2) is 0 Å². The zero-order chi connectivity index (χ0) is 14.4. The van der Waals surface area contributed by atoms with E-state index in [0.29, 0.717) is 5.02 Å². The van der Waals surface area contributed by atoms with Crippen molar-refractivity contribution in [1.82, 2.24) is 0 Å². The lowest BCUT2D eigenvalue weighted by atomic mass is 10.1. The fourth-order valence-corrected chi connectivity index (χ4v) is 2.27. The summed E-state index contributed by atoms with van der Waals surface area (Å²) >= 11 is 6.05. The number of rotatable bonds is 5. The first-order valence-electron chi connectivity index (χ1n) is 6.81. The van der Waals surface area contributed by atoms with Gasteiger partial charge in [0.05, 0.1) is 6.42 Å². The third-order valence-electron chi connectivity index (χ3n) is 3.09. The van der Waals surface area contributed by atoms with Crippen molar-refractivity contribution in [3.8, 4) is 0 Å². The minimum Gasteiger partial charge on any atom is -0.326 e. The molecule has 1 N–H and O–H groups in total. The van der Waals surface area contributed by atoms with Crippen LogP contribution in [0.2, 0.25) is 5.02 Å². The summed E-state index contributed by atoms with van der Waals surface area (Å²) in [7, 11) is 0. The van der Waals surface area contributed by atoms with Crippen LogP contribution in [0.3, 0.4) is 0 Å². The first-order valence-corrected chi connectivity index (χ1v) is 7.19. The molecule has 0 unspecified atom stereocenters. The third kappa shape index (κ3) is 4.10. The molecule has 0 aromatic heterocycles. The molecule has 1 amide bonds. The van der Waals surface area contributed by atoms with Crippen molar-refractivity contribution in [3.63, 3.8) is 0 Å². The highest BCUT2D eigenvalue weighted by atomic mass is 35.5. The van der Waals surface area contributed by atoms with Gasteiger partial charge < -0.3 is 5.32 Å². The smallest absolute Gasteiger partial charge is 0.228 e. The molecular formula is C17H18ClNO. The van der Waals surface area contributed by atoms with E-state index >= 15 is 0 Å². The summed E-state index contributed by atoms with van der Waals surface area (Å²) in [5.74, 6) is -0.0543. The summed E-state index contributed by atoms with van der Waals surface area (Å²) in [4.78, 5) is 12.0. The van der Waals surface area contributed by atoms with Crippen LogP contribution in [-0.2, 0) is 17.6 Å². The molecule has 2 aromatic carbocycles. The van der Waals surface area contributed by atoms with Crippen LogP contribution in [0.15, 0.2) is 48.5 Å². The standard InChI is InChI=1S/C17H18ClNO/c1-2-5-13-8-10-15(11-9-13)19-17(20)12-14-6-3-4-7-16(14)18/h3-4,6-11H,2,5,12H2,1H3,(H,19,20). The van der Waals surface area contributed by atoms with Crippen molar-refractivity contribution < 1.29 is 4.79 Å². The fourth-order valence-electron chi connectivity index (χ4n) is 2.06. The van der Waals surface area contributed by atoms with Crippen molar-refractivity contribution >= 4 is 23.2 Å². The average Bonchev–Trinajstić information content (AvgIpc) is 2.44. The summed E-state index contributed by atoms with van der Waals surface area (Å²) in [5, 5.41) is 3.52. The number of carbonyl (C=O) groups excluding carboxylic acids is 1. The Hall–Kier alpha value is -1.80. The van der Waals surface area contributed by atoms with Gasteiger partial charge in [-0.2, -0.15) is 0 Å². The third-order valence-corrected chi connectivity index (χ3v) is 3.45. The molecule has 2 aromatic rings. The van der Waals surface area contributed by atoms with Gasteiger partial charge in [-0.25, -0.2) is 0 Å². The lowest BCUT2D eigenvalue weighted by Gasteiger charge is -2.07. The van der Waals surface area contributed by atoms with Crippen LogP contribution < -0.4 is 5.32 Å². The molecule has 20 heavy (non-hydrogen) atoms. The Labute approximate surface area is 124 Å². The lowest BCUT2D eigenvalue weighted by Crippen LogP contribution is -2.14. The number of hydrogen-bond acceptors (Lipinski definition) is 1. The Kier molecular flexibility index (Phi) is 5.19. The fraction of sp³-hybridized carbons (Fsp3) is 0.235. The first-order chi connectivity index (χ1) is 9.69. The maximum absolute atomic E-state index is 12.0. The largest absolute Gasteiger partial charge is 0.326 e. The second-order valence-corrected chi connectivity index (χ2v) is 5.17. The number of hydrogen-bond donors (Lipinski definition) is 1. The second kappa shape index (κ2) is 7.11. The van der Waals surface area contributed by atoms with Crippen LogP contribution in [0, 0.1) is 0 Å². The Bertz CT molecular complexity index is 578. The highest BCUT2D eigenvalue weighted by Gasteiger charge is 2.06. The molecule has 0 bridgehead atoms. The van der Waals surface area contributed by atoms with Gasteiger partial charge in [0.1, 0.15) is 0 Å². The molecule has 0 saturated heterocycles. The zero-order valence-electron chi connectivity index (χ0n) is 11.5. The number of halogens is 1. The summed E-state index contributed by atoms with van der Waals surface area (Å²) in [5.41, 5.74) is 2.95. The summed E-state index contributed by atoms with van der Waals surface area (Å²) in [6.07, 6.45) is 2.47. The molecule has 0 fully saturated rings. The average molecular weight is 288 g/mol. The van der Waals surface area contributed by atoms with Crippen molar-refractivity contribution in [2.24, 2.45) is 0 Å². The SMILES string of the molecule is CCCc1ccc(NC(=O)Cc2ccccc2Cl)cc1. The van der Waals surface area contributed by atoms with Gasteiger partial charge in [0.25, 0.3) is 0 Å². The predicted octanol–water partition coefficient (Wildman–Crippen LogP) is 4.47. The van der Waals surface area contributed by atoms with E-state index in [9.17, 15) is 4.79 Å². The van der Waals surface area contributed by atoms with Gasteiger partial charge >= 0.3 is 0 Å². The molecule has 3 heteroatoms. The van der Waals surface area contributed by atoms with E-state index in [0.717, 1.165) is 24.1 Å². The number of carbonyl (C=O) groups is 1. The normalized spacial score (nSPS) is 10.3. The molecule has 0 aliphatic carbocycles. The van der Waals surface area contributed by atoms with Crippen LogP contribution in [0.1, 0.15) is 24.5 Å². The van der Waals surface area contributed by atoms with Gasteiger partial charge in [-0.05, 0) is 35.7 Å². The van der Waals surface area contributed by atoms with Gasteiger partial charge in [-0.1, -0.05) is 55.3 Å². The van der Waals surface area contributed by atoms with Crippen molar-refractivity contribution in [3.05, 3.63) is 64.7 Å². The van der Waals surface area contributed by atoms with Crippen LogP contribution in [0.4, 0.5) is 5.69 Å². The highest BCUT2D eigenvalue weighted by molar-refractivity contribution is 6.31.